The van der Waals surface area contributed by atoms with Crippen molar-refractivity contribution in [2.45, 2.75) is 58.2 Å². The van der Waals surface area contributed by atoms with Crippen LogP contribution in [0, 0.1) is 0 Å². The fourth-order valence-corrected chi connectivity index (χ4v) is 2.70. The average Bonchev–Trinajstić information content (AvgIpc) is 2.75. The van der Waals surface area contributed by atoms with Gasteiger partial charge in [0.15, 0.2) is 17.9 Å². The molecular weight excluding hydrogens is 316 g/mol. The molecule has 1 aliphatic rings. The highest BCUT2D eigenvalue weighted by atomic mass is 16.7. The van der Waals surface area contributed by atoms with Crippen LogP contribution in [0.5, 0.6) is 5.75 Å². The van der Waals surface area contributed by atoms with Crippen molar-refractivity contribution in [3.05, 3.63) is 53.7 Å². The summed E-state index contributed by atoms with van der Waals surface area (Å²) in [4.78, 5) is 4.25. The molecule has 1 aromatic heterocycles. The molecule has 134 valence electrons. The molecule has 0 radical (unpaired) electrons. The zero-order valence-electron chi connectivity index (χ0n) is 15.3. The summed E-state index contributed by atoms with van der Waals surface area (Å²) in [6.45, 7) is 8.63. The molecule has 2 heterocycles. The third-order valence-corrected chi connectivity index (χ3v) is 4.88. The number of ether oxygens (including phenoxy) is 3. The second kappa shape index (κ2) is 6.65. The Bertz CT molecular complexity index is 713. The number of nitrogens with zero attached hydrogens (tertiary/aromatic N) is 1. The highest BCUT2D eigenvalue weighted by Gasteiger charge is 2.48. The molecular formula is C20H26N2O3. The lowest BCUT2D eigenvalue weighted by Crippen LogP contribution is -2.41. The molecule has 1 aromatic carbocycles. The Morgan fingerprint density at radius 3 is 2.32 bits per heavy atom. The van der Waals surface area contributed by atoms with Crippen LogP contribution in [-0.4, -0.2) is 22.5 Å². The lowest BCUT2D eigenvalue weighted by Gasteiger charge is -2.30. The number of nitrogen functional groups attached to an aromatic ring is 1. The summed E-state index contributed by atoms with van der Waals surface area (Å²) < 4.78 is 17.9. The Balaban J connectivity index is 1.68. The van der Waals surface area contributed by atoms with Crippen molar-refractivity contribution in [3.8, 4) is 5.75 Å². The lowest BCUT2D eigenvalue weighted by molar-refractivity contribution is -0.0846. The molecule has 0 atom stereocenters. The molecule has 5 nitrogen and oxygen atoms in total. The fourth-order valence-electron chi connectivity index (χ4n) is 2.70. The Morgan fingerprint density at radius 1 is 1.04 bits per heavy atom. The molecule has 0 spiro atoms. The fraction of sp³-hybridized carbons (Fsp3) is 0.450. The van der Waals surface area contributed by atoms with Crippen LogP contribution in [0.3, 0.4) is 0 Å². The second-order valence-corrected chi connectivity index (χ2v) is 7.39. The zero-order chi connectivity index (χ0) is 18.1. The third-order valence-electron chi connectivity index (χ3n) is 4.88. The smallest absolute Gasteiger partial charge is 0.166 e. The normalized spacial score (nSPS) is 19.0. The maximum Gasteiger partial charge on any atom is 0.166 e. The van der Waals surface area contributed by atoms with Gasteiger partial charge in [0.2, 0.25) is 0 Å². The zero-order valence-corrected chi connectivity index (χ0v) is 15.3. The first-order chi connectivity index (χ1) is 11.8. The Labute approximate surface area is 149 Å². The van der Waals surface area contributed by atoms with E-state index >= 15 is 0 Å². The van der Waals surface area contributed by atoms with Crippen molar-refractivity contribution in [1.82, 2.24) is 4.98 Å². The molecule has 2 N–H and O–H groups in total. The molecule has 0 amide bonds. The van der Waals surface area contributed by atoms with E-state index < -0.39 is 0 Å². The van der Waals surface area contributed by atoms with Crippen LogP contribution in [0.4, 0.5) is 5.82 Å². The predicted octanol–water partition coefficient (Wildman–Crippen LogP) is 3.72. The number of benzene rings is 1. The second-order valence-electron chi connectivity index (χ2n) is 7.39. The highest BCUT2D eigenvalue weighted by molar-refractivity contribution is 5.47. The molecule has 3 rings (SSSR count). The average molecular weight is 342 g/mol. The summed E-state index contributed by atoms with van der Waals surface area (Å²) in [6, 6.07) is 11.9. The van der Waals surface area contributed by atoms with Gasteiger partial charge in [-0.1, -0.05) is 30.3 Å². The van der Waals surface area contributed by atoms with Crippen LogP contribution < -0.4 is 10.5 Å². The van der Waals surface area contributed by atoms with Gasteiger partial charge in [0.1, 0.15) is 6.61 Å². The molecule has 2 aromatic rings. The minimum absolute atomic E-state index is 0.308. The van der Waals surface area contributed by atoms with Crippen molar-refractivity contribution < 1.29 is 14.2 Å². The van der Waals surface area contributed by atoms with E-state index in [2.05, 4.69) is 4.98 Å². The van der Waals surface area contributed by atoms with Gasteiger partial charge in [-0.25, -0.2) is 4.98 Å². The standard InChI is InChI=1S/C20H26N2O3/c1-19(2)20(3,4)25-17(24-19)11-15-10-16(18(21)22-12-15)23-13-14-8-6-5-7-9-14/h5-10,12,17H,11,13H2,1-4H3,(H2,21,22). The number of rotatable bonds is 5. The Hall–Kier alpha value is -2.11. The molecule has 0 bridgehead atoms. The highest BCUT2D eigenvalue weighted by Crippen LogP contribution is 2.39. The van der Waals surface area contributed by atoms with Crippen LogP contribution in [0.2, 0.25) is 0 Å². The van der Waals surface area contributed by atoms with Crippen LogP contribution >= 0.6 is 0 Å². The number of anilines is 1. The third kappa shape index (κ3) is 3.94. The molecule has 25 heavy (non-hydrogen) atoms. The Kier molecular flexibility index (Phi) is 4.71. The van der Waals surface area contributed by atoms with E-state index in [0.717, 1.165) is 11.1 Å². The van der Waals surface area contributed by atoms with Gasteiger partial charge in [0.25, 0.3) is 0 Å². The van der Waals surface area contributed by atoms with E-state index in [4.69, 9.17) is 19.9 Å². The first kappa shape index (κ1) is 17.7. The largest absolute Gasteiger partial charge is 0.485 e. The summed E-state index contributed by atoms with van der Waals surface area (Å²) in [7, 11) is 0. The van der Waals surface area contributed by atoms with E-state index in [1.807, 2.05) is 64.1 Å². The summed E-state index contributed by atoms with van der Waals surface area (Å²) in [5.74, 6) is 0.964. The van der Waals surface area contributed by atoms with Gasteiger partial charge in [-0.3, -0.25) is 0 Å². The topological polar surface area (TPSA) is 66.6 Å². The molecule has 1 fully saturated rings. The van der Waals surface area contributed by atoms with E-state index in [-0.39, 0.29) is 17.5 Å². The van der Waals surface area contributed by atoms with Gasteiger partial charge in [-0.2, -0.15) is 0 Å². The van der Waals surface area contributed by atoms with Crippen molar-refractivity contribution in [1.29, 1.82) is 0 Å². The van der Waals surface area contributed by atoms with Crippen molar-refractivity contribution >= 4 is 5.82 Å². The van der Waals surface area contributed by atoms with Crippen LogP contribution in [0.1, 0.15) is 38.8 Å². The first-order valence-corrected chi connectivity index (χ1v) is 8.53. The SMILES string of the molecule is CC1(C)OC(Cc2cnc(N)c(OCc3ccccc3)c2)OC1(C)C. The summed E-state index contributed by atoms with van der Waals surface area (Å²) >= 11 is 0. The van der Waals surface area contributed by atoms with Crippen LogP contribution in [-0.2, 0) is 22.5 Å². The number of hydrogen-bond donors (Lipinski definition) is 1. The van der Waals surface area contributed by atoms with E-state index in [9.17, 15) is 0 Å². The summed E-state index contributed by atoms with van der Waals surface area (Å²) in [5.41, 5.74) is 7.32. The van der Waals surface area contributed by atoms with Crippen LogP contribution in [0.15, 0.2) is 42.6 Å². The van der Waals surface area contributed by atoms with Gasteiger partial charge in [-0.05, 0) is 44.9 Å². The molecule has 0 aliphatic carbocycles. The molecule has 1 saturated heterocycles. The van der Waals surface area contributed by atoms with E-state index in [1.54, 1.807) is 6.20 Å². The quantitative estimate of drug-likeness (QED) is 0.897. The number of hydrogen-bond acceptors (Lipinski definition) is 5. The maximum atomic E-state index is 6.05. The van der Waals surface area contributed by atoms with Crippen molar-refractivity contribution in [2.24, 2.45) is 0 Å². The van der Waals surface area contributed by atoms with Gasteiger partial charge in [0.05, 0.1) is 11.2 Å². The molecule has 0 unspecified atom stereocenters. The van der Waals surface area contributed by atoms with Crippen LogP contribution in [0.25, 0.3) is 0 Å². The lowest BCUT2D eigenvalue weighted by atomic mass is 9.90. The van der Waals surface area contributed by atoms with Crippen molar-refractivity contribution in [2.75, 3.05) is 5.73 Å². The monoisotopic (exact) mass is 342 g/mol. The Morgan fingerprint density at radius 2 is 1.68 bits per heavy atom. The first-order valence-electron chi connectivity index (χ1n) is 8.53. The minimum atomic E-state index is -0.342. The number of pyridine rings is 1. The summed E-state index contributed by atoms with van der Waals surface area (Å²) in [6.07, 6.45) is 2.04. The molecule has 5 heteroatoms. The van der Waals surface area contributed by atoms with Gasteiger partial charge in [-0.15, -0.1) is 0 Å². The number of aromatic nitrogens is 1. The maximum absolute atomic E-state index is 6.05. The van der Waals surface area contributed by atoms with Gasteiger partial charge >= 0.3 is 0 Å². The van der Waals surface area contributed by atoms with E-state index in [0.29, 0.717) is 24.6 Å². The number of nitrogens with two attached hydrogens (primary N) is 1. The minimum Gasteiger partial charge on any atom is -0.485 e. The van der Waals surface area contributed by atoms with E-state index in [1.165, 1.54) is 0 Å². The summed E-state index contributed by atoms with van der Waals surface area (Å²) in [5, 5.41) is 0. The molecule has 1 aliphatic heterocycles. The van der Waals surface area contributed by atoms with Gasteiger partial charge in [0, 0.05) is 12.6 Å². The van der Waals surface area contributed by atoms with Crippen molar-refractivity contribution in [3.63, 3.8) is 0 Å². The van der Waals surface area contributed by atoms with Gasteiger partial charge < -0.3 is 19.9 Å². The predicted molar refractivity (Wildman–Crippen MR) is 97.2 cm³/mol. The molecule has 0 saturated carbocycles.